The predicted octanol–water partition coefficient (Wildman–Crippen LogP) is 2.88. The smallest absolute Gasteiger partial charge is 0.0305 e. The minimum absolute atomic E-state index is 0.233. The lowest BCUT2D eigenvalue weighted by molar-refractivity contribution is 0.414. The molecule has 16 heavy (non-hydrogen) atoms. The van der Waals surface area contributed by atoms with E-state index in [9.17, 15) is 0 Å². The Bertz CT molecular complexity index is 365. The third-order valence-electron chi connectivity index (χ3n) is 3.30. The topological polar surface area (TPSA) is 24.9 Å². The van der Waals surface area contributed by atoms with Crippen LogP contribution in [0.15, 0.2) is 18.5 Å². The van der Waals surface area contributed by atoms with E-state index in [0.717, 1.165) is 18.4 Å². The largest absolute Gasteiger partial charge is 0.312 e. The molecular formula is C14H22N2. The standard InChI is InChI=1S/C14H22N2/c1-10-5-6-15-9-13(10)12-7-11(12)8-16-14(2,3)4/h5-6,9,11-12,16H,7-8H2,1-4H3. The molecule has 2 nitrogen and oxygen atoms in total. The maximum absolute atomic E-state index is 4.23. The Labute approximate surface area is 98.5 Å². The summed E-state index contributed by atoms with van der Waals surface area (Å²) in [6, 6.07) is 2.11. The number of nitrogens with one attached hydrogen (secondary N) is 1. The summed E-state index contributed by atoms with van der Waals surface area (Å²) in [5, 5.41) is 3.58. The third-order valence-corrected chi connectivity index (χ3v) is 3.30. The molecule has 0 radical (unpaired) electrons. The molecule has 1 aliphatic carbocycles. The van der Waals surface area contributed by atoms with Crippen LogP contribution < -0.4 is 5.32 Å². The van der Waals surface area contributed by atoms with Crippen LogP contribution in [0.25, 0.3) is 0 Å². The van der Waals surface area contributed by atoms with Gasteiger partial charge in [0.15, 0.2) is 0 Å². The maximum atomic E-state index is 4.23. The summed E-state index contributed by atoms with van der Waals surface area (Å²) in [6.45, 7) is 9.98. The fraction of sp³-hybridized carbons (Fsp3) is 0.643. The second-order valence-electron chi connectivity index (χ2n) is 5.97. The number of aromatic nitrogens is 1. The Kier molecular flexibility index (Phi) is 3.02. The van der Waals surface area contributed by atoms with E-state index in [1.165, 1.54) is 17.5 Å². The number of nitrogens with zero attached hydrogens (tertiary/aromatic N) is 1. The van der Waals surface area contributed by atoms with Crippen molar-refractivity contribution >= 4 is 0 Å². The van der Waals surface area contributed by atoms with Gasteiger partial charge in [-0.3, -0.25) is 4.98 Å². The molecule has 0 aliphatic heterocycles. The van der Waals surface area contributed by atoms with Gasteiger partial charge >= 0.3 is 0 Å². The van der Waals surface area contributed by atoms with Crippen LogP contribution in [0.4, 0.5) is 0 Å². The highest BCUT2D eigenvalue weighted by atomic mass is 15.0. The van der Waals surface area contributed by atoms with Crippen molar-refractivity contribution in [1.29, 1.82) is 0 Å². The lowest BCUT2D eigenvalue weighted by atomic mass is 10.1. The van der Waals surface area contributed by atoms with Crippen molar-refractivity contribution in [1.82, 2.24) is 10.3 Å². The summed E-state index contributed by atoms with van der Waals surface area (Å²) in [6.07, 6.45) is 5.23. The summed E-state index contributed by atoms with van der Waals surface area (Å²) in [7, 11) is 0. The van der Waals surface area contributed by atoms with E-state index in [4.69, 9.17) is 0 Å². The number of aryl methyl sites for hydroxylation is 1. The van der Waals surface area contributed by atoms with Gasteiger partial charge in [0.2, 0.25) is 0 Å². The molecule has 0 saturated heterocycles. The molecule has 1 fully saturated rings. The molecule has 1 N–H and O–H groups in total. The Balaban J connectivity index is 1.90. The fourth-order valence-electron chi connectivity index (χ4n) is 2.16. The van der Waals surface area contributed by atoms with Crippen LogP contribution in [0.2, 0.25) is 0 Å². The fourth-order valence-corrected chi connectivity index (χ4v) is 2.16. The average molecular weight is 218 g/mol. The zero-order chi connectivity index (χ0) is 11.8. The maximum Gasteiger partial charge on any atom is 0.0305 e. The van der Waals surface area contributed by atoms with Crippen LogP contribution >= 0.6 is 0 Å². The van der Waals surface area contributed by atoms with E-state index >= 15 is 0 Å². The lowest BCUT2D eigenvalue weighted by Gasteiger charge is -2.20. The van der Waals surface area contributed by atoms with Crippen LogP contribution in [0.5, 0.6) is 0 Å². The van der Waals surface area contributed by atoms with E-state index < -0.39 is 0 Å². The molecule has 0 aromatic carbocycles. The van der Waals surface area contributed by atoms with Gasteiger partial charge in [-0.25, -0.2) is 0 Å². The van der Waals surface area contributed by atoms with E-state index in [2.05, 4.69) is 44.1 Å². The average Bonchev–Trinajstić information content (AvgIpc) is 2.94. The molecule has 2 atom stereocenters. The van der Waals surface area contributed by atoms with Gasteiger partial charge in [0, 0.05) is 17.9 Å². The first-order chi connectivity index (χ1) is 7.47. The van der Waals surface area contributed by atoms with Crippen LogP contribution in [-0.4, -0.2) is 17.1 Å². The molecule has 0 spiro atoms. The van der Waals surface area contributed by atoms with Crippen molar-refractivity contribution in [3.8, 4) is 0 Å². The lowest BCUT2D eigenvalue weighted by Crippen LogP contribution is -2.37. The molecule has 1 heterocycles. The number of hydrogen-bond acceptors (Lipinski definition) is 2. The number of rotatable bonds is 3. The Morgan fingerprint density at radius 3 is 2.81 bits per heavy atom. The van der Waals surface area contributed by atoms with Crippen LogP contribution in [-0.2, 0) is 0 Å². The van der Waals surface area contributed by atoms with E-state index in [1.54, 1.807) is 0 Å². The summed E-state index contributed by atoms with van der Waals surface area (Å²) < 4.78 is 0. The monoisotopic (exact) mass is 218 g/mol. The van der Waals surface area contributed by atoms with Gasteiger partial charge in [-0.05, 0) is 69.7 Å². The van der Waals surface area contributed by atoms with Crippen molar-refractivity contribution in [2.24, 2.45) is 5.92 Å². The first-order valence-electron chi connectivity index (χ1n) is 6.13. The highest BCUT2D eigenvalue weighted by Gasteiger charge is 2.39. The summed E-state index contributed by atoms with van der Waals surface area (Å²) in [5.74, 6) is 1.55. The highest BCUT2D eigenvalue weighted by molar-refractivity contribution is 5.30. The van der Waals surface area contributed by atoms with Crippen LogP contribution in [0, 0.1) is 12.8 Å². The molecule has 0 amide bonds. The molecule has 1 aromatic rings. The second-order valence-corrected chi connectivity index (χ2v) is 5.97. The zero-order valence-corrected chi connectivity index (χ0v) is 10.7. The minimum Gasteiger partial charge on any atom is -0.312 e. The molecule has 2 unspecified atom stereocenters. The van der Waals surface area contributed by atoms with Crippen molar-refractivity contribution in [3.05, 3.63) is 29.6 Å². The first kappa shape index (κ1) is 11.6. The van der Waals surface area contributed by atoms with Crippen molar-refractivity contribution < 1.29 is 0 Å². The molecule has 88 valence electrons. The molecule has 2 rings (SSSR count). The summed E-state index contributed by atoms with van der Waals surface area (Å²) in [4.78, 5) is 4.23. The number of hydrogen-bond donors (Lipinski definition) is 1. The SMILES string of the molecule is Cc1ccncc1C1CC1CNC(C)(C)C. The Hall–Kier alpha value is -0.890. The summed E-state index contributed by atoms with van der Waals surface area (Å²) >= 11 is 0. The van der Waals surface area contributed by atoms with E-state index in [0.29, 0.717) is 0 Å². The Morgan fingerprint density at radius 1 is 1.44 bits per heavy atom. The Morgan fingerprint density at radius 2 is 2.19 bits per heavy atom. The molecule has 2 heteroatoms. The van der Waals surface area contributed by atoms with Crippen molar-refractivity contribution in [2.45, 2.75) is 45.6 Å². The van der Waals surface area contributed by atoms with Gasteiger partial charge in [-0.15, -0.1) is 0 Å². The third kappa shape index (κ3) is 2.82. The van der Waals surface area contributed by atoms with Crippen LogP contribution in [0.3, 0.4) is 0 Å². The second kappa shape index (κ2) is 4.17. The quantitative estimate of drug-likeness (QED) is 0.844. The molecule has 1 aliphatic rings. The van der Waals surface area contributed by atoms with Gasteiger partial charge < -0.3 is 5.32 Å². The molecular weight excluding hydrogens is 196 g/mol. The molecule has 0 bridgehead atoms. The minimum atomic E-state index is 0.233. The number of pyridine rings is 1. The van der Waals surface area contributed by atoms with Crippen LogP contribution in [0.1, 0.15) is 44.2 Å². The van der Waals surface area contributed by atoms with E-state index in [-0.39, 0.29) is 5.54 Å². The normalized spacial score (nSPS) is 24.5. The van der Waals surface area contributed by atoms with Crippen molar-refractivity contribution in [3.63, 3.8) is 0 Å². The van der Waals surface area contributed by atoms with Gasteiger partial charge in [-0.2, -0.15) is 0 Å². The zero-order valence-electron chi connectivity index (χ0n) is 10.7. The van der Waals surface area contributed by atoms with E-state index in [1.807, 2.05) is 12.4 Å². The first-order valence-corrected chi connectivity index (χ1v) is 6.13. The van der Waals surface area contributed by atoms with Gasteiger partial charge in [0.1, 0.15) is 0 Å². The van der Waals surface area contributed by atoms with Gasteiger partial charge in [0.25, 0.3) is 0 Å². The van der Waals surface area contributed by atoms with Crippen molar-refractivity contribution in [2.75, 3.05) is 6.54 Å². The molecule has 1 saturated carbocycles. The summed E-state index contributed by atoms with van der Waals surface area (Å²) in [5.41, 5.74) is 3.07. The van der Waals surface area contributed by atoms with Gasteiger partial charge in [-0.1, -0.05) is 0 Å². The van der Waals surface area contributed by atoms with Gasteiger partial charge in [0.05, 0.1) is 0 Å². The predicted molar refractivity (Wildman–Crippen MR) is 67.6 cm³/mol. The highest BCUT2D eigenvalue weighted by Crippen LogP contribution is 2.47. The molecule has 1 aromatic heterocycles.